The summed E-state index contributed by atoms with van der Waals surface area (Å²) >= 11 is 0. The molecule has 0 bridgehead atoms. The summed E-state index contributed by atoms with van der Waals surface area (Å²) in [5, 5.41) is 0. The number of nitrogens with zero attached hydrogens (tertiary/aromatic N) is 2. The Bertz CT molecular complexity index is 1280. The molecule has 0 radical (unpaired) electrons. The fourth-order valence-electron chi connectivity index (χ4n) is 4.50. The first-order valence-corrected chi connectivity index (χ1v) is 11.0. The van der Waals surface area contributed by atoms with Crippen LogP contribution in [0.15, 0.2) is 96.7 Å². The van der Waals surface area contributed by atoms with E-state index in [2.05, 4.69) is 11.6 Å². The second-order valence-electron chi connectivity index (χ2n) is 8.58. The lowest BCUT2D eigenvalue weighted by Crippen LogP contribution is -2.50. The van der Waals surface area contributed by atoms with Crippen molar-refractivity contribution < 1.29 is 14.3 Å². The highest BCUT2D eigenvalue weighted by atomic mass is 16.5. The summed E-state index contributed by atoms with van der Waals surface area (Å²) in [5.41, 5.74) is 2.81. The Balaban J connectivity index is 1.42. The lowest BCUT2D eigenvalue weighted by molar-refractivity contribution is -0.125. The summed E-state index contributed by atoms with van der Waals surface area (Å²) < 4.78 is 5.88. The van der Waals surface area contributed by atoms with Crippen molar-refractivity contribution in [3.8, 4) is 5.75 Å². The van der Waals surface area contributed by atoms with Crippen LogP contribution < -0.4 is 9.64 Å². The largest absolute Gasteiger partial charge is 0.489 e. The fraction of sp³-hybridized carbons (Fsp3) is 0.179. The third-order valence-corrected chi connectivity index (χ3v) is 6.38. The van der Waals surface area contributed by atoms with Gasteiger partial charge in [-0.3, -0.25) is 14.5 Å². The number of fused-ring (bicyclic) bond motifs is 1. The summed E-state index contributed by atoms with van der Waals surface area (Å²) in [7, 11) is 0. The van der Waals surface area contributed by atoms with E-state index in [1.165, 1.54) is 0 Å². The van der Waals surface area contributed by atoms with Gasteiger partial charge in [0.25, 0.3) is 0 Å². The Morgan fingerprint density at radius 1 is 1.06 bits per heavy atom. The predicted molar refractivity (Wildman–Crippen MR) is 128 cm³/mol. The highest BCUT2D eigenvalue weighted by Gasteiger charge is 2.55. The zero-order valence-corrected chi connectivity index (χ0v) is 18.5. The van der Waals surface area contributed by atoms with Crippen LogP contribution in [0.2, 0.25) is 0 Å². The molecule has 3 aromatic rings. The van der Waals surface area contributed by atoms with Crippen LogP contribution in [0.5, 0.6) is 5.75 Å². The van der Waals surface area contributed by atoms with Crippen molar-refractivity contribution in [2.45, 2.75) is 19.8 Å². The monoisotopic (exact) mass is 436 g/mol. The number of para-hydroxylation sites is 1. The van der Waals surface area contributed by atoms with E-state index >= 15 is 0 Å². The number of carbonyl (C=O) groups excluding carboxylic acids is 2. The van der Waals surface area contributed by atoms with Crippen molar-refractivity contribution in [2.75, 3.05) is 11.5 Å². The molecule has 0 N–H and O–H groups in total. The number of aryl methyl sites for hydroxylation is 1. The lowest BCUT2D eigenvalue weighted by atomic mass is 9.73. The molecule has 2 heterocycles. The van der Waals surface area contributed by atoms with E-state index in [9.17, 15) is 9.59 Å². The first-order valence-electron chi connectivity index (χ1n) is 11.0. The minimum atomic E-state index is -1.19. The molecular formula is C28H24N2O3. The molecule has 2 aliphatic rings. The van der Waals surface area contributed by atoms with Gasteiger partial charge in [-0.05, 0) is 67.3 Å². The third-order valence-electron chi connectivity index (χ3n) is 6.38. The van der Waals surface area contributed by atoms with Gasteiger partial charge in [0.05, 0.1) is 11.3 Å². The van der Waals surface area contributed by atoms with Gasteiger partial charge in [0.15, 0.2) is 11.6 Å². The van der Waals surface area contributed by atoms with Gasteiger partial charge >= 0.3 is 0 Å². The molecule has 5 rings (SSSR count). The van der Waals surface area contributed by atoms with Gasteiger partial charge in [-0.2, -0.15) is 0 Å². The van der Waals surface area contributed by atoms with Crippen LogP contribution in [0.4, 0.5) is 11.5 Å². The molecule has 1 aromatic heterocycles. The maximum absolute atomic E-state index is 13.9. The van der Waals surface area contributed by atoms with Crippen LogP contribution in [0.1, 0.15) is 28.8 Å². The minimum Gasteiger partial charge on any atom is -0.489 e. The van der Waals surface area contributed by atoms with Gasteiger partial charge in [0, 0.05) is 6.20 Å². The summed E-state index contributed by atoms with van der Waals surface area (Å²) in [4.78, 5) is 33.5. The number of benzene rings is 2. The molecule has 2 aromatic carbocycles. The van der Waals surface area contributed by atoms with Gasteiger partial charge in [-0.15, -0.1) is 0 Å². The van der Waals surface area contributed by atoms with E-state index in [0.717, 1.165) is 22.5 Å². The Hall–Kier alpha value is -3.99. The van der Waals surface area contributed by atoms with Gasteiger partial charge < -0.3 is 4.74 Å². The number of carbonyl (C=O) groups is 2. The van der Waals surface area contributed by atoms with Crippen LogP contribution in [0, 0.1) is 12.3 Å². The highest BCUT2D eigenvalue weighted by molar-refractivity contribution is 6.26. The van der Waals surface area contributed by atoms with E-state index < -0.39 is 5.41 Å². The zero-order chi connectivity index (χ0) is 23.0. The van der Waals surface area contributed by atoms with Crippen molar-refractivity contribution in [1.82, 2.24) is 4.98 Å². The lowest BCUT2D eigenvalue weighted by Gasteiger charge is -2.38. The molecule has 0 saturated carbocycles. The van der Waals surface area contributed by atoms with Crippen LogP contribution in [0.3, 0.4) is 0 Å². The molecule has 33 heavy (non-hydrogen) atoms. The number of allylic oxidation sites excluding steroid dienone is 1. The van der Waals surface area contributed by atoms with E-state index in [1.807, 2.05) is 67.6 Å². The van der Waals surface area contributed by atoms with Crippen LogP contribution in [-0.2, 0) is 4.79 Å². The van der Waals surface area contributed by atoms with Gasteiger partial charge in [0.1, 0.15) is 17.8 Å². The second kappa shape index (κ2) is 8.17. The van der Waals surface area contributed by atoms with Crippen molar-refractivity contribution in [3.05, 3.63) is 108 Å². The molecule has 0 fully saturated rings. The minimum absolute atomic E-state index is 0.179. The number of ether oxygens (including phenoxy) is 1. The molecule has 5 nitrogen and oxygen atoms in total. The highest BCUT2D eigenvalue weighted by Crippen LogP contribution is 2.50. The molecule has 1 atom stereocenters. The third kappa shape index (κ3) is 3.55. The molecule has 0 saturated heterocycles. The van der Waals surface area contributed by atoms with Crippen LogP contribution >= 0.6 is 0 Å². The Kier molecular flexibility index (Phi) is 5.17. The molecule has 1 unspecified atom stereocenters. The van der Waals surface area contributed by atoms with Crippen molar-refractivity contribution in [2.24, 2.45) is 5.41 Å². The van der Waals surface area contributed by atoms with Crippen molar-refractivity contribution in [1.29, 1.82) is 0 Å². The van der Waals surface area contributed by atoms with Crippen LogP contribution in [0.25, 0.3) is 0 Å². The number of anilines is 2. The molecule has 1 amide bonds. The predicted octanol–water partition coefficient (Wildman–Crippen LogP) is 5.59. The zero-order valence-electron chi connectivity index (χ0n) is 18.5. The summed E-state index contributed by atoms with van der Waals surface area (Å²) in [6, 6.07) is 20.7. The van der Waals surface area contributed by atoms with Crippen molar-refractivity contribution in [3.63, 3.8) is 0 Å². The Morgan fingerprint density at radius 2 is 1.82 bits per heavy atom. The number of hydrogen-bond acceptors (Lipinski definition) is 4. The molecule has 164 valence electrons. The molecule has 1 aliphatic heterocycles. The normalized spacial score (nSPS) is 19.4. The van der Waals surface area contributed by atoms with Gasteiger partial charge in [0.2, 0.25) is 5.91 Å². The van der Waals surface area contributed by atoms with Crippen molar-refractivity contribution >= 4 is 23.2 Å². The van der Waals surface area contributed by atoms with E-state index in [4.69, 9.17) is 4.74 Å². The summed E-state index contributed by atoms with van der Waals surface area (Å²) in [6.45, 7) is 6.50. The van der Waals surface area contributed by atoms with Crippen LogP contribution in [-0.4, -0.2) is 23.3 Å². The number of amides is 1. The van der Waals surface area contributed by atoms with Gasteiger partial charge in [-0.25, -0.2) is 4.98 Å². The second-order valence-corrected chi connectivity index (χ2v) is 8.58. The SMILES string of the molecule is C=C(COc1ccc(C)cc1)C1=CCC2(C1)C(=O)c1cccnc1N(c1ccccc1)C2=O. The van der Waals surface area contributed by atoms with E-state index in [-0.39, 0.29) is 11.7 Å². The number of rotatable bonds is 5. The maximum Gasteiger partial charge on any atom is 0.247 e. The number of Topliss-reactive ketones (excluding diaryl/α,β-unsaturated/α-hetero) is 1. The first kappa shape index (κ1) is 20.9. The maximum atomic E-state index is 13.9. The standard InChI is InChI=1S/C28H24N2O3/c1-19-10-12-23(13-11-19)33-18-20(2)21-14-15-28(17-21)25(31)24-9-6-16-29-26(24)30(27(28)32)22-7-4-3-5-8-22/h3-14,16H,2,15,17-18H2,1H3. The number of ketones is 1. The average Bonchev–Trinajstić information content (AvgIpc) is 3.30. The topological polar surface area (TPSA) is 59.5 Å². The smallest absolute Gasteiger partial charge is 0.247 e. The molecular weight excluding hydrogens is 412 g/mol. The van der Waals surface area contributed by atoms with E-state index in [1.54, 1.807) is 23.2 Å². The molecule has 1 aliphatic carbocycles. The molecule has 5 heteroatoms. The van der Waals surface area contributed by atoms with E-state index in [0.29, 0.717) is 36.5 Å². The Morgan fingerprint density at radius 3 is 2.58 bits per heavy atom. The summed E-state index contributed by atoms with van der Waals surface area (Å²) in [6.07, 6.45) is 4.21. The number of hydrogen-bond donors (Lipinski definition) is 0. The Labute approximate surface area is 193 Å². The first-order chi connectivity index (χ1) is 16.0. The molecule has 1 spiro atoms. The number of aromatic nitrogens is 1. The number of pyridine rings is 1. The summed E-state index contributed by atoms with van der Waals surface area (Å²) in [5.74, 6) is 0.721. The fourth-order valence-corrected chi connectivity index (χ4v) is 4.50. The van der Waals surface area contributed by atoms with Gasteiger partial charge in [-0.1, -0.05) is 48.6 Å². The quantitative estimate of drug-likeness (QED) is 0.489. The average molecular weight is 437 g/mol.